The summed E-state index contributed by atoms with van der Waals surface area (Å²) in [6.07, 6.45) is 3.75. The van der Waals surface area contributed by atoms with Gasteiger partial charge in [0.15, 0.2) is 0 Å². The average Bonchev–Trinajstić information content (AvgIpc) is 3.41. The van der Waals surface area contributed by atoms with Crippen LogP contribution in [-0.2, 0) is 4.79 Å². The molecule has 1 atom stereocenters. The Labute approximate surface area is 205 Å². The van der Waals surface area contributed by atoms with Crippen molar-refractivity contribution < 1.29 is 19.1 Å². The van der Waals surface area contributed by atoms with Crippen LogP contribution in [0.5, 0.6) is 11.5 Å². The number of benzene rings is 2. The molecule has 2 heterocycles. The van der Waals surface area contributed by atoms with Gasteiger partial charge in [0.2, 0.25) is 5.91 Å². The number of carbonyl (C=O) groups excluding carboxylic acids is 2. The zero-order chi connectivity index (χ0) is 24.8. The normalized spacial score (nSPS) is 14.9. The minimum absolute atomic E-state index is 0.00431. The van der Waals surface area contributed by atoms with Crippen molar-refractivity contribution in [1.82, 2.24) is 20.2 Å². The molecule has 0 bridgehead atoms. The highest BCUT2D eigenvalue weighted by molar-refractivity contribution is 5.95. The van der Waals surface area contributed by atoms with E-state index in [4.69, 9.17) is 9.47 Å². The Kier molecular flexibility index (Phi) is 7.70. The average molecular weight is 477 g/mol. The van der Waals surface area contributed by atoms with Gasteiger partial charge in [-0.05, 0) is 37.0 Å². The van der Waals surface area contributed by atoms with E-state index >= 15 is 0 Å². The zero-order valence-corrected chi connectivity index (χ0v) is 20.4. The van der Waals surface area contributed by atoms with Crippen LogP contribution in [0.1, 0.15) is 48.4 Å². The van der Waals surface area contributed by atoms with E-state index in [1.807, 2.05) is 37.3 Å². The molecule has 2 N–H and O–H groups in total. The quantitative estimate of drug-likeness (QED) is 0.508. The van der Waals surface area contributed by atoms with Crippen molar-refractivity contribution in [1.29, 1.82) is 0 Å². The summed E-state index contributed by atoms with van der Waals surface area (Å²) in [5.41, 5.74) is 2.50. The monoisotopic (exact) mass is 476 g/mol. The van der Waals surface area contributed by atoms with Gasteiger partial charge in [0.25, 0.3) is 5.91 Å². The third-order valence-corrected chi connectivity index (χ3v) is 6.49. The first-order valence-corrected chi connectivity index (χ1v) is 12.0. The fourth-order valence-corrected chi connectivity index (χ4v) is 4.39. The van der Waals surface area contributed by atoms with Gasteiger partial charge >= 0.3 is 0 Å². The molecule has 8 heteroatoms. The topological polar surface area (TPSA) is 96.6 Å². The first-order valence-electron chi connectivity index (χ1n) is 12.0. The number of amides is 2. The number of ether oxygens (including phenoxy) is 2. The van der Waals surface area contributed by atoms with Gasteiger partial charge in [0.05, 0.1) is 32.2 Å². The predicted molar refractivity (Wildman–Crippen MR) is 133 cm³/mol. The molecule has 1 aliphatic rings. The standard InChI is InChI=1S/C27H32N4O4/c1-4-23(25-28-17-24(29-25)18-8-6-5-7-9-18)30-26(32)19-10-12-31(13-11-19)27(33)20-14-21(34-2)16-22(15-20)35-3/h5-9,14-17,19,23H,4,10-13H2,1-3H3,(H,28,29)(H,30,32). The van der Waals surface area contributed by atoms with E-state index in [2.05, 4.69) is 15.3 Å². The smallest absolute Gasteiger partial charge is 0.254 e. The summed E-state index contributed by atoms with van der Waals surface area (Å²) in [4.78, 5) is 35.7. The highest BCUT2D eigenvalue weighted by Gasteiger charge is 2.30. The number of hydrogen-bond donors (Lipinski definition) is 2. The molecular weight excluding hydrogens is 444 g/mol. The number of nitrogens with one attached hydrogen (secondary N) is 2. The number of hydrogen-bond acceptors (Lipinski definition) is 5. The van der Waals surface area contributed by atoms with Crippen LogP contribution in [0, 0.1) is 5.92 Å². The maximum atomic E-state index is 13.0. The molecule has 4 rings (SSSR count). The lowest BCUT2D eigenvalue weighted by Crippen LogP contribution is -2.43. The summed E-state index contributed by atoms with van der Waals surface area (Å²) in [7, 11) is 3.11. The number of aromatic amines is 1. The number of methoxy groups -OCH3 is 2. The Balaban J connectivity index is 1.35. The Morgan fingerprint density at radius 1 is 1.09 bits per heavy atom. The predicted octanol–water partition coefficient (Wildman–Crippen LogP) is 4.21. The highest BCUT2D eigenvalue weighted by Crippen LogP contribution is 2.26. The maximum absolute atomic E-state index is 13.0. The van der Waals surface area contributed by atoms with Crippen LogP contribution in [0.3, 0.4) is 0 Å². The molecule has 1 aromatic heterocycles. The Hall–Kier alpha value is -3.81. The van der Waals surface area contributed by atoms with Crippen molar-refractivity contribution in [3.63, 3.8) is 0 Å². The summed E-state index contributed by atoms with van der Waals surface area (Å²) in [6, 6.07) is 14.9. The van der Waals surface area contributed by atoms with Gasteiger partial charge in [-0.25, -0.2) is 4.98 Å². The highest BCUT2D eigenvalue weighted by atomic mass is 16.5. The Morgan fingerprint density at radius 3 is 2.34 bits per heavy atom. The number of H-pyrrole nitrogens is 1. The molecule has 8 nitrogen and oxygen atoms in total. The lowest BCUT2D eigenvalue weighted by atomic mass is 9.95. The summed E-state index contributed by atoms with van der Waals surface area (Å²) in [6.45, 7) is 3.07. The van der Waals surface area contributed by atoms with Crippen LogP contribution < -0.4 is 14.8 Å². The van der Waals surface area contributed by atoms with Crippen molar-refractivity contribution in [2.24, 2.45) is 5.92 Å². The van der Waals surface area contributed by atoms with Gasteiger partial charge in [-0.15, -0.1) is 0 Å². The molecule has 0 spiro atoms. The number of piperidine rings is 1. The number of carbonyl (C=O) groups is 2. The fraction of sp³-hybridized carbons (Fsp3) is 0.370. The third-order valence-electron chi connectivity index (χ3n) is 6.49. The molecular formula is C27H32N4O4. The van der Waals surface area contributed by atoms with Gasteiger partial charge in [-0.3, -0.25) is 9.59 Å². The number of imidazole rings is 1. The number of likely N-dealkylation sites (tertiary alicyclic amines) is 1. The van der Waals surface area contributed by atoms with Gasteiger partial charge < -0.3 is 24.7 Å². The van der Waals surface area contributed by atoms with Crippen molar-refractivity contribution in [3.05, 3.63) is 66.1 Å². The molecule has 2 amide bonds. The van der Waals surface area contributed by atoms with Crippen molar-refractivity contribution in [2.75, 3.05) is 27.3 Å². The maximum Gasteiger partial charge on any atom is 0.254 e. The van der Waals surface area contributed by atoms with Gasteiger partial charge in [-0.2, -0.15) is 0 Å². The van der Waals surface area contributed by atoms with E-state index in [9.17, 15) is 9.59 Å². The summed E-state index contributed by atoms with van der Waals surface area (Å²) >= 11 is 0. The molecule has 35 heavy (non-hydrogen) atoms. The molecule has 3 aromatic rings. The second-order valence-corrected chi connectivity index (χ2v) is 8.69. The van der Waals surface area contributed by atoms with Crippen molar-refractivity contribution in [2.45, 2.75) is 32.2 Å². The SMILES string of the molecule is CCC(NC(=O)C1CCN(C(=O)c2cc(OC)cc(OC)c2)CC1)c1ncc(-c2ccccc2)[nH]1. The van der Waals surface area contributed by atoms with Crippen LogP contribution in [-0.4, -0.2) is 54.0 Å². The molecule has 0 aliphatic carbocycles. The van der Waals surface area contributed by atoms with Crippen LogP contribution >= 0.6 is 0 Å². The van der Waals surface area contributed by atoms with E-state index in [1.54, 1.807) is 43.5 Å². The van der Waals surface area contributed by atoms with Crippen molar-refractivity contribution >= 4 is 11.8 Å². The summed E-state index contributed by atoms with van der Waals surface area (Å²) < 4.78 is 10.6. The molecule has 1 fully saturated rings. The largest absolute Gasteiger partial charge is 0.497 e. The van der Waals surface area contributed by atoms with Gasteiger partial charge in [0.1, 0.15) is 17.3 Å². The number of rotatable bonds is 8. The van der Waals surface area contributed by atoms with Crippen molar-refractivity contribution in [3.8, 4) is 22.8 Å². The van der Waals surface area contributed by atoms with Gasteiger partial charge in [0, 0.05) is 30.6 Å². The van der Waals surface area contributed by atoms with Crippen LogP contribution in [0.2, 0.25) is 0 Å². The molecule has 0 radical (unpaired) electrons. The Bertz CT molecular complexity index is 1130. The lowest BCUT2D eigenvalue weighted by molar-refractivity contribution is -0.127. The minimum Gasteiger partial charge on any atom is -0.497 e. The van der Waals surface area contributed by atoms with Crippen LogP contribution in [0.25, 0.3) is 11.3 Å². The van der Waals surface area contributed by atoms with E-state index in [1.165, 1.54) is 0 Å². The molecule has 2 aromatic carbocycles. The summed E-state index contributed by atoms with van der Waals surface area (Å²) in [5, 5.41) is 3.15. The second kappa shape index (κ2) is 11.1. The first kappa shape index (κ1) is 24.3. The van der Waals surface area contributed by atoms with E-state index in [0.29, 0.717) is 43.0 Å². The minimum atomic E-state index is -0.191. The molecule has 184 valence electrons. The molecule has 1 saturated heterocycles. The zero-order valence-electron chi connectivity index (χ0n) is 20.4. The second-order valence-electron chi connectivity index (χ2n) is 8.69. The lowest BCUT2D eigenvalue weighted by Gasteiger charge is -2.32. The van der Waals surface area contributed by atoms with E-state index < -0.39 is 0 Å². The van der Waals surface area contributed by atoms with Crippen LogP contribution in [0.4, 0.5) is 0 Å². The van der Waals surface area contributed by atoms with E-state index in [0.717, 1.165) is 23.5 Å². The number of aromatic nitrogens is 2. The number of nitrogens with zero attached hydrogens (tertiary/aromatic N) is 2. The Morgan fingerprint density at radius 2 is 1.74 bits per heavy atom. The van der Waals surface area contributed by atoms with Crippen LogP contribution in [0.15, 0.2) is 54.7 Å². The third kappa shape index (κ3) is 5.65. The fourth-order valence-electron chi connectivity index (χ4n) is 4.39. The molecule has 1 unspecified atom stereocenters. The summed E-state index contributed by atoms with van der Waals surface area (Å²) in [5.74, 6) is 1.67. The first-order chi connectivity index (χ1) is 17.0. The van der Waals surface area contributed by atoms with Gasteiger partial charge in [-0.1, -0.05) is 37.3 Å². The molecule has 0 saturated carbocycles. The molecule has 1 aliphatic heterocycles. The van der Waals surface area contributed by atoms with E-state index in [-0.39, 0.29) is 23.8 Å².